The molecule has 130 valence electrons. The third kappa shape index (κ3) is 3.98. The maximum absolute atomic E-state index is 12.5. The molecule has 0 radical (unpaired) electrons. The molecule has 0 atom stereocenters. The van der Waals surface area contributed by atoms with Crippen LogP contribution in [0.1, 0.15) is 0 Å². The van der Waals surface area contributed by atoms with Gasteiger partial charge < -0.3 is 4.74 Å². The van der Waals surface area contributed by atoms with Gasteiger partial charge in [0, 0.05) is 16.0 Å². The number of ether oxygens (including phenoxy) is 1. The molecule has 3 aromatic rings. The van der Waals surface area contributed by atoms with Gasteiger partial charge in [0.1, 0.15) is 5.75 Å². The number of thiazole rings is 1. The molecule has 25 heavy (non-hydrogen) atoms. The quantitative estimate of drug-likeness (QED) is 0.581. The molecule has 0 spiro atoms. The first kappa shape index (κ1) is 18.2. The minimum absolute atomic E-state index is 0.106. The maximum Gasteiger partial charge on any atom is 0.263 e. The van der Waals surface area contributed by atoms with Gasteiger partial charge in [-0.2, -0.15) is 0 Å². The van der Waals surface area contributed by atoms with Crippen molar-refractivity contribution >= 4 is 54.0 Å². The lowest BCUT2D eigenvalue weighted by atomic mass is 10.2. The van der Waals surface area contributed by atoms with Crippen LogP contribution >= 0.6 is 38.9 Å². The number of nitrogens with one attached hydrogen (secondary N) is 1. The SMILES string of the molecule is COc1ccc(S(=O)(=O)Nc2nc(-c3ccccc3Cl)cs2)cc1Br. The summed E-state index contributed by atoms with van der Waals surface area (Å²) in [4.78, 5) is 4.42. The van der Waals surface area contributed by atoms with Crippen LogP contribution in [0, 0.1) is 0 Å². The minimum atomic E-state index is -3.76. The van der Waals surface area contributed by atoms with Crippen molar-refractivity contribution in [1.29, 1.82) is 0 Å². The molecule has 5 nitrogen and oxygen atoms in total. The van der Waals surface area contributed by atoms with Crippen molar-refractivity contribution in [2.24, 2.45) is 0 Å². The predicted octanol–water partition coefficient (Wildman–Crippen LogP) is 5.04. The van der Waals surface area contributed by atoms with Crippen LogP contribution in [0.5, 0.6) is 5.75 Å². The van der Waals surface area contributed by atoms with Crippen molar-refractivity contribution in [1.82, 2.24) is 4.98 Å². The van der Waals surface area contributed by atoms with E-state index < -0.39 is 10.0 Å². The Morgan fingerprint density at radius 3 is 2.68 bits per heavy atom. The Morgan fingerprint density at radius 1 is 1.24 bits per heavy atom. The molecule has 0 aliphatic rings. The van der Waals surface area contributed by atoms with Gasteiger partial charge in [-0.3, -0.25) is 4.72 Å². The molecule has 0 fully saturated rings. The number of anilines is 1. The minimum Gasteiger partial charge on any atom is -0.496 e. The van der Waals surface area contributed by atoms with E-state index >= 15 is 0 Å². The highest BCUT2D eigenvalue weighted by Crippen LogP contribution is 2.32. The lowest BCUT2D eigenvalue weighted by Crippen LogP contribution is -2.12. The molecule has 0 aliphatic heterocycles. The van der Waals surface area contributed by atoms with Crippen molar-refractivity contribution in [2.45, 2.75) is 4.90 Å². The van der Waals surface area contributed by atoms with Crippen molar-refractivity contribution in [3.05, 3.63) is 57.3 Å². The summed E-state index contributed by atoms with van der Waals surface area (Å²) in [6.45, 7) is 0. The van der Waals surface area contributed by atoms with Gasteiger partial charge in [0.25, 0.3) is 10.0 Å². The molecule has 0 bridgehead atoms. The van der Waals surface area contributed by atoms with Gasteiger partial charge in [-0.05, 0) is 40.2 Å². The number of hydrogen-bond acceptors (Lipinski definition) is 5. The van der Waals surface area contributed by atoms with Crippen LogP contribution in [0.25, 0.3) is 11.3 Å². The van der Waals surface area contributed by atoms with Crippen molar-refractivity contribution in [3.63, 3.8) is 0 Å². The van der Waals surface area contributed by atoms with Gasteiger partial charge in [0.05, 0.1) is 22.2 Å². The van der Waals surface area contributed by atoms with Crippen LogP contribution in [-0.2, 0) is 10.0 Å². The number of aromatic nitrogens is 1. The number of hydrogen-bond donors (Lipinski definition) is 1. The molecule has 1 N–H and O–H groups in total. The second-order valence-electron chi connectivity index (χ2n) is 4.92. The van der Waals surface area contributed by atoms with Crippen molar-refractivity contribution < 1.29 is 13.2 Å². The Hall–Kier alpha value is -1.61. The van der Waals surface area contributed by atoms with E-state index in [-0.39, 0.29) is 10.0 Å². The van der Waals surface area contributed by atoms with Crippen molar-refractivity contribution in [2.75, 3.05) is 11.8 Å². The summed E-state index contributed by atoms with van der Waals surface area (Å²) in [6, 6.07) is 11.8. The molecular weight excluding hydrogens is 448 g/mol. The van der Waals surface area contributed by atoms with Gasteiger partial charge in [-0.15, -0.1) is 11.3 Å². The zero-order valence-corrected chi connectivity index (χ0v) is 16.8. The number of sulfonamides is 1. The lowest BCUT2D eigenvalue weighted by Gasteiger charge is -2.08. The Morgan fingerprint density at radius 2 is 2.00 bits per heavy atom. The number of rotatable bonds is 5. The number of nitrogens with zero attached hydrogens (tertiary/aromatic N) is 1. The third-order valence-corrected chi connectivity index (χ3v) is 6.48. The highest BCUT2D eigenvalue weighted by Gasteiger charge is 2.18. The van der Waals surface area contributed by atoms with Gasteiger partial charge in [0.15, 0.2) is 5.13 Å². The molecule has 1 aromatic heterocycles. The Balaban J connectivity index is 1.87. The van der Waals surface area contributed by atoms with E-state index in [2.05, 4.69) is 25.6 Å². The fraction of sp³-hybridized carbons (Fsp3) is 0.0625. The fourth-order valence-electron chi connectivity index (χ4n) is 2.10. The van der Waals surface area contributed by atoms with E-state index in [1.54, 1.807) is 17.5 Å². The van der Waals surface area contributed by atoms with Crippen LogP contribution in [0.15, 0.2) is 57.2 Å². The Bertz CT molecular complexity index is 1020. The molecule has 0 amide bonds. The molecule has 9 heteroatoms. The first-order chi connectivity index (χ1) is 11.9. The molecular formula is C16H12BrClN2O3S2. The Labute approximate surface area is 162 Å². The maximum atomic E-state index is 12.5. The molecule has 0 saturated heterocycles. The van der Waals surface area contributed by atoms with Crippen LogP contribution < -0.4 is 9.46 Å². The molecule has 0 aliphatic carbocycles. The van der Waals surface area contributed by atoms with Crippen LogP contribution in [0.4, 0.5) is 5.13 Å². The topological polar surface area (TPSA) is 68.3 Å². The predicted molar refractivity (Wildman–Crippen MR) is 104 cm³/mol. The number of methoxy groups -OCH3 is 1. The standard InChI is InChI=1S/C16H12BrClN2O3S2/c1-23-15-7-6-10(8-12(15)17)25(21,22)20-16-19-14(9-24-16)11-4-2-3-5-13(11)18/h2-9H,1H3,(H,19,20). The summed E-state index contributed by atoms with van der Waals surface area (Å²) in [5, 5.41) is 2.58. The highest BCUT2D eigenvalue weighted by atomic mass is 79.9. The zero-order chi connectivity index (χ0) is 18.0. The first-order valence-corrected chi connectivity index (χ1v) is 10.5. The number of benzene rings is 2. The summed E-state index contributed by atoms with van der Waals surface area (Å²) >= 11 is 10.6. The molecule has 0 unspecified atom stereocenters. The highest BCUT2D eigenvalue weighted by molar-refractivity contribution is 9.10. The van der Waals surface area contributed by atoms with Crippen LogP contribution in [0.2, 0.25) is 5.02 Å². The first-order valence-electron chi connectivity index (χ1n) is 6.97. The van der Waals surface area contributed by atoms with E-state index in [4.69, 9.17) is 16.3 Å². The average molecular weight is 460 g/mol. The van der Waals surface area contributed by atoms with Gasteiger partial charge in [-0.25, -0.2) is 13.4 Å². The molecule has 3 rings (SSSR count). The summed E-state index contributed by atoms with van der Waals surface area (Å²) in [7, 11) is -2.25. The smallest absolute Gasteiger partial charge is 0.263 e. The van der Waals surface area contributed by atoms with Gasteiger partial charge >= 0.3 is 0 Å². The lowest BCUT2D eigenvalue weighted by molar-refractivity contribution is 0.411. The van der Waals surface area contributed by atoms with E-state index in [9.17, 15) is 8.42 Å². The summed E-state index contributed by atoms with van der Waals surface area (Å²) in [5.41, 5.74) is 1.36. The zero-order valence-electron chi connectivity index (χ0n) is 12.9. The van der Waals surface area contributed by atoms with E-state index in [1.807, 2.05) is 18.2 Å². The summed E-state index contributed by atoms with van der Waals surface area (Å²) < 4.78 is 33.2. The normalized spacial score (nSPS) is 11.3. The van der Waals surface area contributed by atoms with E-state index in [1.165, 1.54) is 30.6 Å². The van der Waals surface area contributed by atoms with E-state index in [0.717, 1.165) is 5.56 Å². The molecule has 0 saturated carbocycles. The number of halogens is 2. The average Bonchev–Trinajstić information content (AvgIpc) is 3.02. The van der Waals surface area contributed by atoms with E-state index in [0.29, 0.717) is 20.9 Å². The van der Waals surface area contributed by atoms with Gasteiger partial charge in [0.2, 0.25) is 0 Å². The molecule has 2 aromatic carbocycles. The fourth-order valence-corrected chi connectivity index (χ4v) is 5.02. The van der Waals surface area contributed by atoms with Gasteiger partial charge in [-0.1, -0.05) is 29.8 Å². The van der Waals surface area contributed by atoms with Crippen LogP contribution in [0.3, 0.4) is 0 Å². The van der Waals surface area contributed by atoms with Crippen LogP contribution in [-0.4, -0.2) is 20.5 Å². The second-order valence-corrected chi connectivity index (χ2v) is 8.72. The summed E-state index contributed by atoms with van der Waals surface area (Å²) in [6.07, 6.45) is 0. The monoisotopic (exact) mass is 458 g/mol. The molecule has 1 heterocycles. The summed E-state index contributed by atoms with van der Waals surface area (Å²) in [5.74, 6) is 0.550. The second kappa shape index (κ2) is 7.33. The third-order valence-electron chi connectivity index (χ3n) is 3.31. The van der Waals surface area contributed by atoms with Crippen molar-refractivity contribution in [3.8, 4) is 17.0 Å². The largest absolute Gasteiger partial charge is 0.496 e. The Kier molecular flexibility index (Phi) is 5.33.